The Morgan fingerprint density at radius 3 is 2.81 bits per heavy atom. The van der Waals surface area contributed by atoms with Crippen molar-refractivity contribution in [2.24, 2.45) is 0 Å². The minimum absolute atomic E-state index is 0.214. The molecule has 0 radical (unpaired) electrons. The summed E-state index contributed by atoms with van der Waals surface area (Å²) in [7, 11) is 2.14. The Bertz CT molecular complexity index is 876. The van der Waals surface area contributed by atoms with E-state index in [1.54, 1.807) is 6.26 Å². The van der Waals surface area contributed by atoms with Crippen LogP contribution in [0.15, 0.2) is 53.3 Å². The van der Waals surface area contributed by atoms with Crippen molar-refractivity contribution in [2.45, 2.75) is 38.3 Å². The van der Waals surface area contributed by atoms with Gasteiger partial charge in [-0.05, 0) is 63.2 Å². The molecular weight excluding hydrogens is 338 g/mol. The van der Waals surface area contributed by atoms with Gasteiger partial charge in [-0.25, -0.2) is 0 Å². The van der Waals surface area contributed by atoms with Crippen molar-refractivity contribution in [3.63, 3.8) is 0 Å². The van der Waals surface area contributed by atoms with E-state index in [-0.39, 0.29) is 5.91 Å². The summed E-state index contributed by atoms with van der Waals surface area (Å²) in [5.41, 5.74) is 2.34. The number of hydrogen-bond donors (Lipinski definition) is 1. The number of nitrogens with one attached hydrogen (secondary N) is 1. The number of aromatic nitrogens is 1. The highest BCUT2D eigenvalue weighted by Crippen LogP contribution is 2.22. The Morgan fingerprint density at radius 1 is 1.22 bits per heavy atom. The predicted molar refractivity (Wildman–Crippen MR) is 106 cm³/mol. The standard InChI is InChI=1S/C22H27N3O2/c1-24-12-10-18(11-13-24)25(16-19-5-4-14-27-19)22(26)9-8-17-15-23-21-7-3-2-6-20(17)21/h2-7,14-15,18,23H,8-13,16H2,1H3. The number of aryl methyl sites for hydroxylation is 1. The molecule has 27 heavy (non-hydrogen) atoms. The first-order valence-electron chi connectivity index (χ1n) is 9.76. The summed E-state index contributed by atoms with van der Waals surface area (Å²) in [4.78, 5) is 20.8. The molecule has 1 aromatic carbocycles. The summed E-state index contributed by atoms with van der Waals surface area (Å²) in [5.74, 6) is 1.07. The normalized spacial score (nSPS) is 16.0. The van der Waals surface area contributed by atoms with Crippen molar-refractivity contribution in [1.29, 1.82) is 0 Å². The lowest BCUT2D eigenvalue weighted by Gasteiger charge is -2.37. The molecule has 2 aromatic heterocycles. The molecule has 1 N–H and O–H groups in total. The van der Waals surface area contributed by atoms with Crippen LogP contribution in [-0.2, 0) is 17.8 Å². The third-order valence-corrected chi connectivity index (χ3v) is 5.64. The number of H-pyrrole nitrogens is 1. The van der Waals surface area contributed by atoms with Gasteiger partial charge in [0, 0.05) is 29.6 Å². The zero-order valence-corrected chi connectivity index (χ0v) is 15.9. The van der Waals surface area contributed by atoms with Gasteiger partial charge in [-0.1, -0.05) is 18.2 Å². The maximum absolute atomic E-state index is 13.1. The largest absolute Gasteiger partial charge is 0.467 e. The van der Waals surface area contributed by atoms with E-state index in [2.05, 4.69) is 29.1 Å². The van der Waals surface area contributed by atoms with Gasteiger partial charge in [-0.15, -0.1) is 0 Å². The lowest BCUT2D eigenvalue weighted by molar-refractivity contribution is -0.135. The molecular formula is C22H27N3O2. The average molecular weight is 365 g/mol. The third-order valence-electron chi connectivity index (χ3n) is 5.64. The number of carbonyl (C=O) groups is 1. The van der Waals surface area contributed by atoms with Crippen LogP contribution < -0.4 is 0 Å². The number of amides is 1. The second-order valence-electron chi connectivity index (χ2n) is 7.49. The van der Waals surface area contributed by atoms with Gasteiger partial charge in [0.2, 0.25) is 5.91 Å². The quantitative estimate of drug-likeness (QED) is 0.723. The number of piperidine rings is 1. The number of rotatable bonds is 6. The van der Waals surface area contributed by atoms with Crippen LogP contribution >= 0.6 is 0 Å². The number of hydrogen-bond acceptors (Lipinski definition) is 3. The Hall–Kier alpha value is -2.53. The molecule has 142 valence electrons. The molecule has 1 fully saturated rings. The van der Waals surface area contributed by atoms with Crippen molar-refractivity contribution in [2.75, 3.05) is 20.1 Å². The van der Waals surface area contributed by atoms with E-state index < -0.39 is 0 Å². The van der Waals surface area contributed by atoms with Crippen LogP contribution in [0.2, 0.25) is 0 Å². The fourth-order valence-corrected chi connectivity index (χ4v) is 4.02. The maximum Gasteiger partial charge on any atom is 0.223 e. The van der Waals surface area contributed by atoms with Gasteiger partial charge < -0.3 is 19.2 Å². The molecule has 3 heterocycles. The van der Waals surface area contributed by atoms with Crippen LogP contribution in [0.1, 0.15) is 30.6 Å². The van der Waals surface area contributed by atoms with Crippen LogP contribution in [0.4, 0.5) is 0 Å². The van der Waals surface area contributed by atoms with E-state index in [4.69, 9.17) is 4.42 Å². The summed E-state index contributed by atoms with van der Waals surface area (Å²) in [5, 5.41) is 1.21. The number of benzene rings is 1. The highest BCUT2D eigenvalue weighted by atomic mass is 16.3. The van der Waals surface area contributed by atoms with Crippen LogP contribution in [0.25, 0.3) is 10.9 Å². The minimum atomic E-state index is 0.214. The molecule has 1 amide bonds. The monoisotopic (exact) mass is 365 g/mol. The number of furan rings is 1. The highest BCUT2D eigenvalue weighted by molar-refractivity contribution is 5.84. The molecule has 4 rings (SSSR count). The summed E-state index contributed by atoms with van der Waals surface area (Å²) >= 11 is 0. The van der Waals surface area contributed by atoms with Gasteiger partial charge in [-0.2, -0.15) is 0 Å². The zero-order valence-electron chi connectivity index (χ0n) is 15.9. The Labute approximate surface area is 159 Å². The minimum Gasteiger partial charge on any atom is -0.467 e. The molecule has 0 atom stereocenters. The fourth-order valence-electron chi connectivity index (χ4n) is 4.02. The van der Waals surface area contributed by atoms with E-state index >= 15 is 0 Å². The van der Waals surface area contributed by atoms with Gasteiger partial charge in [-0.3, -0.25) is 4.79 Å². The number of nitrogens with zero attached hydrogens (tertiary/aromatic N) is 2. The number of fused-ring (bicyclic) bond motifs is 1. The van der Waals surface area contributed by atoms with Gasteiger partial charge in [0.15, 0.2) is 0 Å². The van der Waals surface area contributed by atoms with E-state index in [0.29, 0.717) is 19.0 Å². The number of para-hydroxylation sites is 1. The van der Waals surface area contributed by atoms with Crippen molar-refractivity contribution >= 4 is 16.8 Å². The summed E-state index contributed by atoms with van der Waals surface area (Å²) < 4.78 is 5.52. The van der Waals surface area contributed by atoms with Crippen LogP contribution in [0.3, 0.4) is 0 Å². The first kappa shape index (κ1) is 17.9. The maximum atomic E-state index is 13.1. The average Bonchev–Trinajstić information content (AvgIpc) is 3.35. The van der Waals surface area contributed by atoms with Crippen LogP contribution in [-0.4, -0.2) is 46.9 Å². The molecule has 0 bridgehead atoms. The zero-order chi connectivity index (χ0) is 18.6. The SMILES string of the molecule is CN1CCC(N(Cc2ccco2)C(=O)CCc2c[nH]c3ccccc23)CC1. The third kappa shape index (κ3) is 4.08. The van der Waals surface area contributed by atoms with Crippen molar-refractivity contribution in [1.82, 2.24) is 14.8 Å². The number of likely N-dealkylation sites (tertiary alicyclic amines) is 1. The fraction of sp³-hybridized carbons (Fsp3) is 0.409. The first-order valence-corrected chi connectivity index (χ1v) is 9.76. The Balaban J connectivity index is 1.46. The van der Waals surface area contributed by atoms with Crippen molar-refractivity contribution in [3.05, 3.63) is 60.2 Å². The van der Waals surface area contributed by atoms with Crippen LogP contribution in [0, 0.1) is 0 Å². The molecule has 1 aliphatic rings. The predicted octanol–water partition coefficient (Wildman–Crippen LogP) is 3.82. The lowest BCUT2D eigenvalue weighted by atomic mass is 10.0. The molecule has 5 heteroatoms. The van der Waals surface area contributed by atoms with E-state index in [0.717, 1.165) is 43.6 Å². The molecule has 5 nitrogen and oxygen atoms in total. The first-order chi connectivity index (χ1) is 13.2. The highest BCUT2D eigenvalue weighted by Gasteiger charge is 2.27. The lowest BCUT2D eigenvalue weighted by Crippen LogP contribution is -2.46. The molecule has 0 aliphatic carbocycles. The Morgan fingerprint density at radius 2 is 2.04 bits per heavy atom. The Kier molecular flexibility index (Phi) is 5.30. The molecule has 1 saturated heterocycles. The summed E-state index contributed by atoms with van der Waals surface area (Å²) in [6, 6.07) is 12.4. The van der Waals surface area contributed by atoms with Gasteiger partial charge >= 0.3 is 0 Å². The molecule has 0 unspecified atom stereocenters. The second-order valence-corrected chi connectivity index (χ2v) is 7.49. The van der Waals surface area contributed by atoms with Gasteiger partial charge in [0.25, 0.3) is 0 Å². The smallest absolute Gasteiger partial charge is 0.223 e. The summed E-state index contributed by atoms with van der Waals surface area (Å²) in [6.45, 7) is 2.64. The molecule has 1 aliphatic heterocycles. The molecule has 0 saturated carbocycles. The van der Waals surface area contributed by atoms with E-state index in [1.807, 2.05) is 35.4 Å². The van der Waals surface area contributed by atoms with E-state index in [9.17, 15) is 4.79 Å². The topological polar surface area (TPSA) is 52.5 Å². The second kappa shape index (κ2) is 8.01. The number of carbonyl (C=O) groups excluding carboxylic acids is 1. The van der Waals surface area contributed by atoms with Crippen LogP contribution in [0.5, 0.6) is 0 Å². The van der Waals surface area contributed by atoms with Crippen molar-refractivity contribution in [3.8, 4) is 0 Å². The van der Waals surface area contributed by atoms with Gasteiger partial charge in [0.05, 0.1) is 12.8 Å². The molecule has 3 aromatic rings. The summed E-state index contributed by atoms with van der Waals surface area (Å²) in [6.07, 6.45) is 7.04. The van der Waals surface area contributed by atoms with E-state index in [1.165, 1.54) is 10.9 Å². The van der Waals surface area contributed by atoms with Gasteiger partial charge in [0.1, 0.15) is 5.76 Å². The number of aromatic amines is 1. The van der Waals surface area contributed by atoms with Crippen molar-refractivity contribution < 1.29 is 9.21 Å². The molecule has 0 spiro atoms.